The summed E-state index contributed by atoms with van der Waals surface area (Å²) in [4.78, 5) is 9.02. The Morgan fingerprint density at radius 2 is 1.89 bits per heavy atom. The molecule has 0 atom stereocenters. The maximum atomic E-state index is 5.87. The molecule has 0 spiro atoms. The first kappa shape index (κ1) is 13.7. The lowest BCUT2D eigenvalue weighted by Crippen LogP contribution is -2.12. The van der Waals surface area contributed by atoms with Gasteiger partial charge in [0.2, 0.25) is 0 Å². The summed E-state index contributed by atoms with van der Waals surface area (Å²) in [6, 6.07) is 2.03. The molecule has 0 aliphatic rings. The van der Waals surface area contributed by atoms with E-state index < -0.39 is 0 Å². The van der Waals surface area contributed by atoms with Gasteiger partial charge in [-0.1, -0.05) is 13.8 Å². The number of nitrogens with zero attached hydrogens (tertiary/aromatic N) is 4. The van der Waals surface area contributed by atoms with Crippen LogP contribution in [0.25, 0.3) is 5.69 Å². The fourth-order valence-corrected chi connectivity index (χ4v) is 2.24. The smallest absolute Gasteiger partial charge is 0.151 e. The lowest BCUT2D eigenvalue weighted by Gasteiger charge is -2.13. The van der Waals surface area contributed by atoms with Crippen LogP contribution in [0.15, 0.2) is 6.07 Å². The van der Waals surface area contributed by atoms with Gasteiger partial charge in [-0.05, 0) is 19.9 Å². The van der Waals surface area contributed by atoms with Crippen LogP contribution in [-0.2, 0) is 19.4 Å². The quantitative estimate of drug-likeness (QED) is 0.910. The van der Waals surface area contributed by atoms with Crippen LogP contribution in [0.3, 0.4) is 0 Å². The van der Waals surface area contributed by atoms with E-state index in [4.69, 9.17) is 5.73 Å². The molecule has 0 amide bonds. The van der Waals surface area contributed by atoms with E-state index in [1.807, 2.05) is 24.6 Å². The molecule has 19 heavy (non-hydrogen) atoms. The Kier molecular flexibility index (Phi) is 3.95. The van der Waals surface area contributed by atoms with Gasteiger partial charge < -0.3 is 5.73 Å². The van der Waals surface area contributed by atoms with Crippen molar-refractivity contribution in [1.82, 2.24) is 19.7 Å². The maximum absolute atomic E-state index is 5.87. The van der Waals surface area contributed by atoms with Crippen LogP contribution in [0.4, 0.5) is 0 Å². The van der Waals surface area contributed by atoms with Crippen molar-refractivity contribution >= 4 is 0 Å². The third kappa shape index (κ3) is 2.51. The molecule has 0 radical (unpaired) electrons. The van der Waals surface area contributed by atoms with Crippen molar-refractivity contribution in [3.63, 3.8) is 0 Å². The van der Waals surface area contributed by atoms with Crippen LogP contribution >= 0.6 is 0 Å². The second kappa shape index (κ2) is 5.48. The molecule has 2 rings (SSSR count). The second-order valence-corrected chi connectivity index (χ2v) is 4.61. The molecule has 0 fully saturated rings. The summed E-state index contributed by atoms with van der Waals surface area (Å²) in [6.07, 6.45) is 1.68. The van der Waals surface area contributed by atoms with Crippen molar-refractivity contribution in [3.8, 4) is 5.69 Å². The van der Waals surface area contributed by atoms with Crippen molar-refractivity contribution in [1.29, 1.82) is 0 Å². The Bertz CT molecular complexity index is 586. The molecule has 102 valence electrons. The van der Waals surface area contributed by atoms with E-state index in [1.165, 1.54) is 0 Å². The highest BCUT2D eigenvalue weighted by Gasteiger charge is 2.14. The van der Waals surface area contributed by atoms with Gasteiger partial charge in [0.25, 0.3) is 0 Å². The number of aryl methyl sites for hydroxylation is 4. The topological polar surface area (TPSA) is 69.6 Å². The van der Waals surface area contributed by atoms with Gasteiger partial charge in [-0.25, -0.2) is 9.67 Å². The van der Waals surface area contributed by atoms with Crippen LogP contribution < -0.4 is 5.73 Å². The lowest BCUT2D eigenvalue weighted by atomic mass is 10.1. The Balaban J connectivity index is 2.66. The van der Waals surface area contributed by atoms with Gasteiger partial charge in [-0.15, -0.1) is 0 Å². The minimum atomic E-state index is 0.457. The standard InChI is InChI=1S/C14H21N5/c1-5-13-17-14(6-2)19(18-13)12-7-9(3)16-10(4)11(12)8-15/h7H,5-6,8,15H2,1-4H3. The molecule has 0 saturated carbocycles. The minimum absolute atomic E-state index is 0.457. The summed E-state index contributed by atoms with van der Waals surface area (Å²) < 4.78 is 1.92. The first-order valence-corrected chi connectivity index (χ1v) is 6.73. The van der Waals surface area contributed by atoms with E-state index in [-0.39, 0.29) is 0 Å². The highest BCUT2D eigenvalue weighted by Crippen LogP contribution is 2.19. The van der Waals surface area contributed by atoms with Gasteiger partial charge in [-0.3, -0.25) is 4.98 Å². The Labute approximate surface area is 113 Å². The fraction of sp³-hybridized carbons (Fsp3) is 0.500. The molecule has 2 aromatic heterocycles. The molecule has 0 bridgehead atoms. The predicted octanol–water partition coefficient (Wildman–Crippen LogP) is 1.86. The summed E-state index contributed by atoms with van der Waals surface area (Å²) in [7, 11) is 0. The average Bonchev–Trinajstić information content (AvgIpc) is 2.81. The molecule has 5 nitrogen and oxygen atoms in total. The molecular formula is C14H21N5. The van der Waals surface area contributed by atoms with Crippen LogP contribution in [0.2, 0.25) is 0 Å². The Morgan fingerprint density at radius 1 is 1.16 bits per heavy atom. The zero-order valence-corrected chi connectivity index (χ0v) is 12.1. The van der Waals surface area contributed by atoms with E-state index in [2.05, 4.69) is 28.9 Å². The molecule has 0 unspecified atom stereocenters. The number of nitrogens with two attached hydrogens (primary N) is 1. The highest BCUT2D eigenvalue weighted by atomic mass is 15.4. The predicted molar refractivity (Wildman–Crippen MR) is 75.3 cm³/mol. The molecule has 0 aliphatic carbocycles. The summed E-state index contributed by atoms with van der Waals surface area (Å²) in [5, 5.41) is 4.58. The molecule has 0 aliphatic heterocycles. The van der Waals surface area contributed by atoms with E-state index >= 15 is 0 Å². The molecule has 0 saturated heterocycles. The van der Waals surface area contributed by atoms with Crippen LogP contribution in [0.5, 0.6) is 0 Å². The third-order valence-corrected chi connectivity index (χ3v) is 3.22. The van der Waals surface area contributed by atoms with Crippen LogP contribution in [-0.4, -0.2) is 19.7 Å². The van der Waals surface area contributed by atoms with Gasteiger partial charge in [0, 0.05) is 36.3 Å². The monoisotopic (exact) mass is 259 g/mol. The van der Waals surface area contributed by atoms with Gasteiger partial charge in [0.15, 0.2) is 5.82 Å². The molecule has 2 aromatic rings. The Hall–Kier alpha value is -1.75. The van der Waals surface area contributed by atoms with Crippen molar-refractivity contribution < 1.29 is 0 Å². The zero-order chi connectivity index (χ0) is 14.0. The van der Waals surface area contributed by atoms with Crippen molar-refractivity contribution in [2.45, 2.75) is 47.1 Å². The summed E-state index contributed by atoms with van der Waals surface area (Å²) >= 11 is 0. The first-order valence-electron chi connectivity index (χ1n) is 6.73. The SMILES string of the molecule is CCc1nc(CC)n(-c2cc(C)nc(C)c2CN)n1. The van der Waals surface area contributed by atoms with Gasteiger partial charge in [0.1, 0.15) is 5.82 Å². The third-order valence-electron chi connectivity index (χ3n) is 3.22. The normalized spacial score (nSPS) is 11.0. The number of hydrogen-bond acceptors (Lipinski definition) is 4. The summed E-state index contributed by atoms with van der Waals surface area (Å²) in [6.45, 7) is 8.58. The summed E-state index contributed by atoms with van der Waals surface area (Å²) in [5.41, 5.74) is 9.85. The average molecular weight is 259 g/mol. The van der Waals surface area contributed by atoms with E-state index in [0.29, 0.717) is 6.54 Å². The van der Waals surface area contributed by atoms with Crippen molar-refractivity contribution in [3.05, 3.63) is 34.7 Å². The van der Waals surface area contributed by atoms with Gasteiger partial charge in [-0.2, -0.15) is 5.10 Å². The Morgan fingerprint density at radius 3 is 2.47 bits per heavy atom. The van der Waals surface area contributed by atoms with Crippen LogP contribution in [0, 0.1) is 13.8 Å². The molecule has 2 N–H and O–H groups in total. The van der Waals surface area contributed by atoms with Gasteiger partial charge >= 0.3 is 0 Å². The number of pyridine rings is 1. The zero-order valence-electron chi connectivity index (χ0n) is 12.1. The molecular weight excluding hydrogens is 238 g/mol. The number of rotatable bonds is 4. The minimum Gasteiger partial charge on any atom is -0.326 e. The molecule has 2 heterocycles. The van der Waals surface area contributed by atoms with Crippen molar-refractivity contribution in [2.24, 2.45) is 5.73 Å². The lowest BCUT2D eigenvalue weighted by molar-refractivity contribution is 0.772. The number of aromatic nitrogens is 4. The maximum Gasteiger partial charge on any atom is 0.151 e. The van der Waals surface area contributed by atoms with E-state index in [1.54, 1.807) is 0 Å². The first-order chi connectivity index (χ1) is 9.10. The van der Waals surface area contributed by atoms with Crippen LogP contribution in [0.1, 0.15) is 42.4 Å². The largest absolute Gasteiger partial charge is 0.326 e. The number of hydrogen-bond donors (Lipinski definition) is 1. The molecule has 5 heteroatoms. The van der Waals surface area contributed by atoms with E-state index in [9.17, 15) is 0 Å². The van der Waals surface area contributed by atoms with Crippen molar-refractivity contribution in [2.75, 3.05) is 0 Å². The molecule has 0 aromatic carbocycles. The fourth-order valence-electron chi connectivity index (χ4n) is 2.24. The second-order valence-electron chi connectivity index (χ2n) is 4.61. The van der Waals surface area contributed by atoms with E-state index in [0.717, 1.165) is 47.1 Å². The summed E-state index contributed by atoms with van der Waals surface area (Å²) in [5.74, 6) is 1.84. The van der Waals surface area contributed by atoms with Gasteiger partial charge in [0.05, 0.1) is 5.69 Å². The highest BCUT2D eigenvalue weighted by molar-refractivity contribution is 5.44.